The quantitative estimate of drug-likeness (QED) is 0.836. The van der Waals surface area contributed by atoms with Gasteiger partial charge in [-0.1, -0.05) is 11.6 Å². The van der Waals surface area contributed by atoms with E-state index < -0.39 is 0 Å². The number of nitrogens with zero attached hydrogens (tertiary/aromatic N) is 2. The summed E-state index contributed by atoms with van der Waals surface area (Å²) in [6, 6.07) is -0.305. The highest BCUT2D eigenvalue weighted by Gasteiger charge is 2.31. The number of rotatable bonds is 3. The average molecular weight is 274 g/mol. The summed E-state index contributed by atoms with van der Waals surface area (Å²) in [7, 11) is 1.51. The molecule has 1 unspecified atom stereocenters. The molecule has 2 rings (SSSR count). The van der Waals surface area contributed by atoms with E-state index in [2.05, 4.69) is 10.3 Å². The Labute approximate surface area is 108 Å². The number of hydrogen-bond acceptors (Lipinski definition) is 5. The molecule has 17 heavy (non-hydrogen) atoms. The number of hydrogen-bond donors (Lipinski definition) is 1. The first-order valence-corrected chi connectivity index (χ1v) is 6.41. The van der Waals surface area contributed by atoms with Crippen LogP contribution < -0.4 is 5.32 Å². The molecule has 7 heteroatoms. The number of likely N-dealkylation sites (tertiary alicyclic amines) is 1. The van der Waals surface area contributed by atoms with Crippen LogP contribution in [-0.4, -0.2) is 34.8 Å². The largest absolute Gasteiger partial charge is 0.299 e. The van der Waals surface area contributed by atoms with Crippen molar-refractivity contribution >= 4 is 34.8 Å². The number of halogens is 1. The summed E-state index contributed by atoms with van der Waals surface area (Å²) in [5.41, 5.74) is 0. The number of nitrogens with one attached hydrogen (secondary N) is 1. The minimum Gasteiger partial charge on any atom is -0.299 e. The Bertz CT molecular complexity index is 449. The lowest BCUT2D eigenvalue weighted by Crippen LogP contribution is -2.51. The molecule has 1 fully saturated rings. The van der Waals surface area contributed by atoms with E-state index in [0.717, 1.165) is 5.01 Å². The van der Waals surface area contributed by atoms with Crippen LogP contribution in [0.4, 0.5) is 0 Å². The van der Waals surface area contributed by atoms with Crippen LogP contribution >= 0.6 is 22.9 Å². The van der Waals surface area contributed by atoms with Crippen molar-refractivity contribution in [2.75, 3.05) is 7.05 Å². The van der Waals surface area contributed by atoms with Gasteiger partial charge in [0.1, 0.15) is 9.34 Å². The van der Waals surface area contributed by atoms with Crippen molar-refractivity contribution in [3.05, 3.63) is 15.5 Å². The van der Waals surface area contributed by atoms with Gasteiger partial charge in [-0.15, -0.1) is 11.3 Å². The van der Waals surface area contributed by atoms with Crippen molar-refractivity contribution in [2.45, 2.75) is 25.4 Å². The first kappa shape index (κ1) is 12.5. The molecule has 2 heterocycles. The van der Waals surface area contributed by atoms with Crippen LogP contribution in [0.2, 0.25) is 4.34 Å². The molecule has 0 spiro atoms. The third-order valence-electron chi connectivity index (χ3n) is 2.67. The predicted octanol–water partition coefficient (Wildman–Crippen LogP) is 1.03. The highest BCUT2D eigenvalue weighted by Crippen LogP contribution is 2.19. The fourth-order valence-corrected chi connectivity index (χ4v) is 2.59. The fraction of sp³-hybridized carbons (Fsp3) is 0.500. The number of piperidine rings is 1. The van der Waals surface area contributed by atoms with E-state index >= 15 is 0 Å². The Morgan fingerprint density at radius 3 is 3.06 bits per heavy atom. The Morgan fingerprint density at radius 1 is 1.65 bits per heavy atom. The third-order valence-corrected chi connectivity index (χ3v) is 3.79. The molecule has 1 aliphatic rings. The topological polar surface area (TPSA) is 62.3 Å². The van der Waals surface area contributed by atoms with Gasteiger partial charge in [0.2, 0.25) is 11.8 Å². The lowest BCUT2D eigenvalue weighted by molar-refractivity contribution is -0.148. The van der Waals surface area contributed by atoms with Crippen LogP contribution in [0.3, 0.4) is 0 Å². The zero-order valence-corrected chi connectivity index (χ0v) is 10.8. The molecule has 0 radical (unpaired) electrons. The SMILES string of the molecule is CN1C(=O)CCC(NCc2ncc(Cl)s2)C1=O. The number of thiazole rings is 1. The zero-order chi connectivity index (χ0) is 12.4. The van der Waals surface area contributed by atoms with E-state index in [0.29, 0.717) is 23.7 Å². The van der Waals surface area contributed by atoms with Crippen molar-refractivity contribution in [3.63, 3.8) is 0 Å². The van der Waals surface area contributed by atoms with E-state index in [9.17, 15) is 9.59 Å². The van der Waals surface area contributed by atoms with Gasteiger partial charge in [0, 0.05) is 20.0 Å². The normalized spacial score (nSPS) is 21.1. The lowest BCUT2D eigenvalue weighted by Gasteiger charge is -2.27. The molecule has 0 bridgehead atoms. The van der Waals surface area contributed by atoms with E-state index in [-0.39, 0.29) is 17.9 Å². The second kappa shape index (κ2) is 5.12. The molecule has 0 aliphatic carbocycles. The highest BCUT2D eigenvalue weighted by molar-refractivity contribution is 7.15. The van der Waals surface area contributed by atoms with Gasteiger partial charge < -0.3 is 0 Å². The molecular formula is C10H12ClN3O2S. The standard InChI is InChI=1S/C10H12ClN3O2S/c1-14-9(15)3-2-6(10(14)16)12-5-8-13-4-7(11)17-8/h4,6,12H,2-3,5H2,1H3. The Hall–Kier alpha value is -0.980. The summed E-state index contributed by atoms with van der Waals surface area (Å²) in [5.74, 6) is -0.297. The van der Waals surface area contributed by atoms with Crippen molar-refractivity contribution in [1.82, 2.24) is 15.2 Å². The van der Waals surface area contributed by atoms with Crippen LogP contribution in [0, 0.1) is 0 Å². The molecule has 1 aliphatic heterocycles. The maximum atomic E-state index is 11.8. The summed E-state index contributed by atoms with van der Waals surface area (Å²) in [6.07, 6.45) is 2.53. The van der Waals surface area contributed by atoms with Crippen molar-refractivity contribution in [2.24, 2.45) is 0 Å². The van der Waals surface area contributed by atoms with Crippen molar-refractivity contribution in [3.8, 4) is 0 Å². The molecule has 1 N–H and O–H groups in total. The molecule has 1 aromatic rings. The fourth-order valence-electron chi connectivity index (χ4n) is 1.69. The molecule has 1 aromatic heterocycles. The van der Waals surface area contributed by atoms with Gasteiger partial charge in [-0.2, -0.15) is 0 Å². The molecule has 2 amide bonds. The monoisotopic (exact) mass is 273 g/mol. The molecule has 5 nitrogen and oxygen atoms in total. The van der Waals surface area contributed by atoms with Crippen LogP contribution in [0.5, 0.6) is 0 Å². The second-order valence-electron chi connectivity index (χ2n) is 3.82. The summed E-state index contributed by atoms with van der Waals surface area (Å²) in [6.45, 7) is 0.496. The summed E-state index contributed by atoms with van der Waals surface area (Å²) in [4.78, 5) is 28.3. The number of carbonyl (C=O) groups excluding carboxylic acids is 2. The van der Waals surface area contributed by atoms with Gasteiger partial charge in [0.25, 0.3) is 0 Å². The summed E-state index contributed by atoms with van der Waals surface area (Å²) in [5, 5.41) is 3.93. The van der Waals surface area contributed by atoms with Gasteiger partial charge in [0.15, 0.2) is 0 Å². The Balaban J connectivity index is 1.91. The Morgan fingerprint density at radius 2 is 2.41 bits per heavy atom. The van der Waals surface area contributed by atoms with E-state index in [4.69, 9.17) is 11.6 Å². The number of carbonyl (C=O) groups is 2. The number of likely N-dealkylation sites (N-methyl/N-ethyl adjacent to an activating group) is 1. The van der Waals surface area contributed by atoms with Gasteiger partial charge in [-0.3, -0.25) is 19.8 Å². The maximum absolute atomic E-state index is 11.8. The minimum absolute atomic E-state index is 0.120. The molecular weight excluding hydrogens is 262 g/mol. The first-order chi connectivity index (χ1) is 8.08. The van der Waals surface area contributed by atoms with Gasteiger partial charge >= 0.3 is 0 Å². The van der Waals surface area contributed by atoms with Crippen molar-refractivity contribution < 1.29 is 9.59 Å². The van der Waals surface area contributed by atoms with E-state index in [1.807, 2.05) is 0 Å². The smallest absolute Gasteiger partial charge is 0.246 e. The van der Waals surface area contributed by atoms with Crippen LogP contribution in [0.25, 0.3) is 0 Å². The summed E-state index contributed by atoms with van der Waals surface area (Å²) < 4.78 is 0.629. The van der Waals surface area contributed by atoms with Crippen molar-refractivity contribution in [1.29, 1.82) is 0 Å². The highest BCUT2D eigenvalue weighted by atomic mass is 35.5. The Kier molecular flexibility index (Phi) is 3.76. The van der Waals surface area contributed by atoms with Crippen LogP contribution in [-0.2, 0) is 16.1 Å². The van der Waals surface area contributed by atoms with Crippen LogP contribution in [0.1, 0.15) is 17.8 Å². The zero-order valence-electron chi connectivity index (χ0n) is 9.27. The molecule has 1 saturated heterocycles. The lowest BCUT2D eigenvalue weighted by atomic mass is 10.0. The molecule has 1 atom stereocenters. The van der Waals surface area contributed by atoms with E-state index in [1.54, 1.807) is 6.20 Å². The predicted molar refractivity (Wildman–Crippen MR) is 64.8 cm³/mol. The molecule has 0 aromatic carbocycles. The maximum Gasteiger partial charge on any atom is 0.246 e. The molecule has 0 saturated carbocycles. The number of amides is 2. The number of imide groups is 1. The first-order valence-electron chi connectivity index (χ1n) is 5.22. The van der Waals surface area contributed by atoms with E-state index in [1.165, 1.54) is 23.3 Å². The van der Waals surface area contributed by atoms with Crippen LogP contribution in [0.15, 0.2) is 6.20 Å². The second-order valence-corrected chi connectivity index (χ2v) is 5.57. The minimum atomic E-state index is -0.305. The van der Waals surface area contributed by atoms with Gasteiger partial charge in [0.05, 0.1) is 12.2 Å². The van der Waals surface area contributed by atoms with Gasteiger partial charge in [-0.25, -0.2) is 4.98 Å². The number of aromatic nitrogens is 1. The van der Waals surface area contributed by atoms with Gasteiger partial charge in [-0.05, 0) is 6.42 Å². The average Bonchev–Trinajstić information content (AvgIpc) is 2.71. The summed E-state index contributed by atoms with van der Waals surface area (Å²) >= 11 is 7.14. The third kappa shape index (κ3) is 2.83. The molecule has 92 valence electrons.